The first-order chi connectivity index (χ1) is 15.6. The number of nitrogens with zero attached hydrogens (tertiary/aromatic N) is 1. The molecule has 1 unspecified atom stereocenters. The van der Waals surface area contributed by atoms with Gasteiger partial charge in [0.05, 0.1) is 34.8 Å². The minimum atomic E-state index is -0.254. The Morgan fingerprint density at radius 3 is 2.53 bits per heavy atom. The Bertz CT molecular complexity index is 1050. The van der Waals surface area contributed by atoms with E-state index in [2.05, 4.69) is 27.7 Å². The smallest absolute Gasteiger partial charge is 0.265 e. The zero-order valence-corrected chi connectivity index (χ0v) is 19.0. The minimum Gasteiger partial charge on any atom is -0.379 e. The molecule has 1 fully saturated rings. The molecule has 1 aromatic heterocycles. The largest absolute Gasteiger partial charge is 0.379 e. The number of amides is 2. The zero-order valence-electron chi connectivity index (χ0n) is 17.4. The molecule has 4 rings (SSSR count). The number of morpholine rings is 1. The van der Waals surface area contributed by atoms with Crippen molar-refractivity contribution < 1.29 is 14.3 Å². The fourth-order valence-corrected chi connectivity index (χ4v) is 4.45. The molecule has 32 heavy (non-hydrogen) atoms. The molecular weight excluding hydrogens is 446 g/mol. The number of ether oxygens (including phenoxy) is 1. The normalized spacial score (nSPS) is 15.2. The van der Waals surface area contributed by atoms with Crippen LogP contribution in [0.4, 0.5) is 5.69 Å². The number of thiophene rings is 1. The maximum absolute atomic E-state index is 12.9. The third-order valence-electron chi connectivity index (χ3n) is 5.35. The van der Waals surface area contributed by atoms with E-state index < -0.39 is 0 Å². The van der Waals surface area contributed by atoms with E-state index in [1.807, 2.05) is 29.6 Å². The van der Waals surface area contributed by atoms with E-state index in [0.29, 0.717) is 40.9 Å². The van der Waals surface area contributed by atoms with Gasteiger partial charge >= 0.3 is 0 Å². The summed E-state index contributed by atoms with van der Waals surface area (Å²) in [5.74, 6) is -0.474. The summed E-state index contributed by atoms with van der Waals surface area (Å²) in [5.41, 5.74) is 1.99. The summed E-state index contributed by atoms with van der Waals surface area (Å²) in [7, 11) is 0. The molecule has 0 radical (unpaired) electrons. The second kappa shape index (κ2) is 10.7. The van der Waals surface area contributed by atoms with E-state index in [1.54, 1.807) is 24.3 Å². The molecule has 166 valence electrons. The standard InChI is InChI=1S/C24H24ClN3O3S/c25-19-9-8-18(15-20(19)27-24(30)22-7-4-14-32-22)23(29)26-16-21(17-5-2-1-3-6-17)28-10-12-31-13-11-28/h1-9,14-15,21H,10-13,16H2,(H,26,29)(H,27,30). The molecule has 0 saturated carbocycles. The lowest BCUT2D eigenvalue weighted by atomic mass is 10.0. The van der Waals surface area contributed by atoms with Gasteiger partial charge < -0.3 is 15.4 Å². The highest BCUT2D eigenvalue weighted by Crippen LogP contribution is 2.25. The van der Waals surface area contributed by atoms with Gasteiger partial charge in [-0.3, -0.25) is 14.5 Å². The second-order valence-corrected chi connectivity index (χ2v) is 8.77. The van der Waals surface area contributed by atoms with E-state index in [9.17, 15) is 9.59 Å². The Hall–Kier alpha value is -2.71. The third-order valence-corrected chi connectivity index (χ3v) is 6.55. The van der Waals surface area contributed by atoms with E-state index >= 15 is 0 Å². The predicted molar refractivity (Wildman–Crippen MR) is 128 cm³/mol. The van der Waals surface area contributed by atoms with Crippen molar-refractivity contribution in [1.29, 1.82) is 0 Å². The highest BCUT2D eigenvalue weighted by Gasteiger charge is 2.23. The molecule has 1 saturated heterocycles. The second-order valence-electron chi connectivity index (χ2n) is 7.41. The maximum atomic E-state index is 12.9. The molecule has 8 heteroatoms. The minimum absolute atomic E-state index is 0.0503. The first-order valence-electron chi connectivity index (χ1n) is 10.4. The van der Waals surface area contributed by atoms with Gasteiger partial charge in [-0.1, -0.05) is 48.0 Å². The van der Waals surface area contributed by atoms with Crippen molar-refractivity contribution in [2.45, 2.75) is 6.04 Å². The van der Waals surface area contributed by atoms with Gasteiger partial charge in [-0.15, -0.1) is 11.3 Å². The molecule has 2 amide bonds. The Labute approximate surface area is 196 Å². The monoisotopic (exact) mass is 469 g/mol. The lowest BCUT2D eigenvalue weighted by Gasteiger charge is -2.35. The fraction of sp³-hybridized carbons (Fsp3) is 0.250. The van der Waals surface area contributed by atoms with Crippen LogP contribution < -0.4 is 10.6 Å². The highest BCUT2D eigenvalue weighted by atomic mass is 35.5. The van der Waals surface area contributed by atoms with Crippen molar-refractivity contribution >= 4 is 40.4 Å². The number of anilines is 1. The van der Waals surface area contributed by atoms with Gasteiger partial charge in [0.1, 0.15) is 0 Å². The summed E-state index contributed by atoms with van der Waals surface area (Å²) in [5, 5.41) is 8.04. The third kappa shape index (κ3) is 5.55. The van der Waals surface area contributed by atoms with E-state index in [-0.39, 0.29) is 17.9 Å². The molecule has 1 atom stereocenters. The summed E-state index contributed by atoms with van der Waals surface area (Å²) in [6.45, 7) is 3.45. The molecule has 6 nitrogen and oxygen atoms in total. The number of rotatable bonds is 7. The molecule has 0 bridgehead atoms. The fourth-order valence-electron chi connectivity index (χ4n) is 3.67. The van der Waals surface area contributed by atoms with Crippen molar-refractivity contribution in [1.82, 2.24) is 10.2 Å². The molecule has 3 aromatic rings. The van der Waals surface area contributed by atoms with Gasteiger partial charge in [-0.2, -0.15) is 0 Å². The number of hydrogen-bond donors (Lipinski definition) is 2. The lowest BCUT2D eigenvalue weighted by Crippen LogP contribution is -2.43. The van der Waals surface area contributed by atoms with E-state index in [4.69, 9.17) is 16.3 Å². The van der Waals surface area contributed by atoms with E-state index in [0.717, 1.165) is 18.7 Å². The van der Waals surface area contributed by atoms with Crippen LogP contribution in [0.15, 0.2) is 66.0 Å². The number of carbonyl (C=O) groups is 2. The lowest BCUT2D eigenvalue weighted by molar-refractivity contribution is 0.0162. The van der Waals surface area contributed by atoms with Crippen LogP contribution in [0, 0.1) is 0 Å². The van der Waals surface area contributed by atoms with E-state index in [1.165, 1.54) is 11.3 Å². The first kappa shape index (κ1) is 22.5. The van der Waals surface area contributed by atoms with Crippen molar-refractivity contribution in [2.24, 2.45) is 0 Å². The Balaban J connectivity index is 1.45. The average Bonchev–Trinajstić information content (AvgIpc) is 3.37. The topological polar surface area (TPSA) is 70.7 Å². The average molecular weight is 470 g/mol. The van der Waals surface area contributed by atoms with Crippen molar-refractivity contribution in [3.63, 3.8) is 0 Å². The number of benzene rings is 2. The summed E-state index contributed by atoms with van der Waals surface area (Å²) in [4.78, 5) is 28.2. The number of hydrogen-bond acceptors (Lipinski definition) is 5. The van der Waals surface area contributed by atoms with Gasteiger partial charge in [-0.25, -0.2) is 0 Å². The van der Waals surface area contributed by atoms with Crippen LogP contribution in [-0.2, 0) is 4.74 Å². The molecule has 0 spiro atoms. The quantitative estimate of drug-likeness (QED) is 0.536. The molecule has 0 aliphatic carbocycles. The first-order valence-corrected chi connectivity index (χ1v) is 11.7. The molecule has 2 aromatic carbocycles. The Morgan fingerprint density at radius 1 is 1.03 bits per heavy atom. The van der Waals surface area contributed by atoms with Crippen LogP contribution in [0.5, 0.6) is 0 Å². The van der Waals surface area contributed by atoms with Crippen LogP contribution in [0.1, 0.15) is 31.6 Å². The number of carbonyl (C=O) groups excluding carboxylic acids is 2. The van der Waals surface area contributed by atoms with Crippen LogP contribution in [0.25, 0.3) is 0 Å². The summed E-state index contributed by atoms with van der Waals surface area (Å²) in [6, 6.07) is 18.6. The van der Waals surface area contributed by atoms with Crippen LogP contribution >= 0.6 is 22.9 Å². The molecule has 1 aliphatic heterocycles. The molecule has 2 heterocycles. The SMILES string of the molecule is O=C(NCC(c1ccccc1)N1CCOCC1)c1ccc(Cl)c(NC(=O)c2cccs2)c1. The summed E-state index contributed by atoms with van der Waals surface area (Å²) >= 11 is 7.60. The van der Waals surface area contributed by atoms with Crippen LogP contribution in [-0.4, -0.2) is 49.6 Å². The van der Waals surface area contributed by atoms with Crippen molar-refractivity contribution in [3.05, 3.63) is 87.1 Å². The zero-order chi connectivity index (χ0) is 22.3. The van der Waals surface area contributed by atoms with Crippen molar-refractivity contribution in [2.75, 3.05) is 38.2 Å². The molecule has 1 aliphatic rings. The summed E-state index contributed by atoms with van der Waals surface area (Å²) < 4.78 is 5.49. The molecular formula is C24H24ClN3O3S. The molecule has 2 N–H and O–H groups in total. The van der Waals surface area contributed by atoms with Crippen molar-refractivity contribution in [3.8, 4) is 0 Å². The maximum Gasteiger partial charge on any atom is 0.265 e. The number of nitrogens with one attached hydrogen (secondary N) is 2. The van der Waals surface area contributed by atoms with Gasteiger partial charge in [0.15, 0.2) is 0 Å². The van der Waals surface area contributed by atoms with Gasteiger partial charge in [0.2, 0.25) is 0 Å². The Morgan fingerprint density at radius 2 is 1.81 bits per heavy atom. The van der Waals surface area contributed by atoms with Gasteiger partial charge in [0, 0.05) is 25.2 Å². The number of halogens is 1. The van der Waals surface area contributed by atoms with Gasteiger partial charge in [-0.05, 0) is 35.2 Å². The van der Waals surface area contributed by atoms with Gasteiger partial charge in [0.25, 0.3) is 11.8 Å². The summed E-state index contributed by atoms with van der Waals surface area (Å²) in [6.07, 6.45) is 0. The predicted octanol–water partition coefficient (Wildman–Crippen LogP) is 4.46. The van der Waals surface area contributed by atoms with Crippen LogP contribution in [0.3, 0.4) is 0 Å². The highest BCUT2D eigenvalue weighted by molar-refractivity contribution is 7.12. The Kier molecular flexibility index (Phi) is 7.55. The van der Waals surface area contributed by atoms with Crippen LogP contribution in [0.2, 0.25) is 5.02 Å².